The predicted octanol–water partition coefficient (Wildman–Crippen LogP) is 0.707. The van der Waals surface area contributed by atoms with Crippen LogP contribution in [-0.2, 0) is 134 Å². The highest BCUT2D eigenvalue weighted by atomic mass is 16.4. The van der Waals surface area contributed by atoms with Crippen LogP contribution in [-0.4, -0.2) is 270 Å². The Labute approximate surface area is 769 Å². The Morgan fingerprint density at radius 3 is 0.463 bits per heavy atom. The fraction of sp³-hybridized carbons (Fsp3) is 0.632. The molecule has 0 saturated heterocycles. The summed E-state index contributed by atoms with van der Waals surface area (Å²) in [6, 6.07) is -13.9. The van der Waals surface area contributed by atoms with Crippen LogP contribution in [0.4, 0.5) is 0 Å². The number of Topliss-reactive ketones (excluding diaryl/α,β-unsaturated/α-hetero) is 9. The number of ketones is 9. The molecule has 18 unspecified atom stereocenters. The summed E-state index contributed by atoms with van der Waals surface area (Å²) in [5.41, 5.74) is 0.0698. The number of carboxylic acid groups (broad SMARTS) is 10. The minimum atomic E-state index is -1.62. The number of hydrogen-bond acceptors (Lipinski definition) is 28. The molecule has 47 nitrogen and oxygen atoms in total. The molecule has 0 aromatic rings. The Morgan fingerprint density at radius 1 is 0.224 bits per heavy atom. The first kappa shape index (κ1) is 120. The smallest absolute Gasteiger partial charge is 0.326 e. The van der Waals surface area contributed by atoms with Crippen LogP contribution in [0.5, 0.6) is 0 Å². The number of carboxylic acids is 10. The van der Waals surface area contributed by atoms with Gasteiger partial charge in [0.25, 0.3) is 0 Å². The fourth-order valence-corrected chi connectivity index (χ4v) is 13.3. The van der Waals surface area contributed by atoms with Gasteiger partial charge in [-0.1, -0.05) is 12.7 Å². The summed E-state index contributed by atoms with van der Waals surface area (Å²) in [5.74, 6) is -45.5. The van der Waals surface area contributed by atoms with Crippen LogP contribution in [0.25, 0.3) is 0 Å². The third kappa shape index (κ3) is 49.1. The molecule has 0 heterocycles. The normalized spacial score (nSPS) is 15.1. The predicted molar refractivity (Wildman–Crippen MR) is 460 cm³/mol. The lowest BCUT2D eigenvalue weighted by Crippen LogP contribution is -2.48. The van der Waals surface area contributed by atoms with E-state index in [1.54, 1.807) is 0 Å². The van der Waals surface area contributed by atoms with E-state index in [0.29, 0.717) is 0 Å². The van der Waals surface area contributed by atoms with Crippen molar-refractivity contribution in [2.24, 2.45) is 53.3 Å². The van der Waals surface area contributed by atoms with Gasteiger partial charge in [-0.15, -0.1) is 6.58 Å². The maximum absolute atomic E-state index is 14.0. The average molecular weight is 1900 g/mol. The van der Waals surface area contributed by atoms with Gasteiger partial charge in [0.1, 0.15) is 6.04 Å². The maximum Gasteiger partial charge on any atom is 0.326 e. The molecular formula is C87H125N9O38. The van der Waals surface area contributed by atoms with Gasteiger partial charge in [0, 0.05) is 169 Å². The van der Waals surface area contributed by atoms with Crippen LogP contribution in [0, 0.1) is 53.3 Å². The topological polar surface area (TPSA) is 789 Å². The molecule has 47 heteroatoms. The van der Waals surface area contributed by atoms with E-state index in [1.165, 1.54) is 19.9 Å². The largest absolute Gasteiger partial charge is 0.481 e. The number of hydrogen-bond donors (Lipinski definition) is 19. The molecule has 0 fully saturated rings. The van der Waals surface area contributed by atoms with Crippen molar-refractivity contribution in [3.63, 3.8) is 0 Å². The molecule has 0 spiro atoms. The summed E-state index contributed by atoms with van der Waals surface area (Å²) in [6.07, 6.45) is -17.1. The molecule has 0 bridgehead atoms. The molecular weight excluding hydrogens is 1780 g/mol. The number of rotatable bonds is 75. The standard InChI is InChI=1S/C87H125N9O38/c1-12-13-59(87(133)134)96-86(132)58(22-31-77(122)123)40-68(105)49(11)95-85(131)57(21-30-76(120)121)39-67(104)48(10)94-84(130)56(20-29-75(118)119)38-66(103)47(9)93-83(129)55(19-28-74(116)117)37-65(102)46(8)92-82(128)54(18-27-73(114)115)36-64(101)45(7)91-81(127)53(17-26-72(112)113)35-63(100)44(6)90-80(126)52(16-25-71(110)111)34-62(99)43(5)89-79(125)51(15-24-70(108)109)33-61(98)42(4)88-78(124)50(14-23-69(106)107)32-60(97)41(2)3/h12,42-59H,1-2,13-40H2,3-11H3,(H,88,124)(H,89,125)(H,90,126)(H,91,127)(H,92,128)(H,93,129)(H,94,130)(H,95,131)(H,96,132)(H,106,107)(H,108,109)(H,110,111)(H,112,113)(H,114,115)(H,116,117)(H,118,119)(H,120,121)(H,122,123)(H,133,134). The molecule has 0 saturated carbocycles. The van der Waals surface area contributed by atoms with Crippen molar-refractivity contribution in [2.45, 2.75) is 296 Å². The Kier molecular flexibility index (Phi) is 55.0. The minimum Gasteiger partial charge on any atom is -0.481 e. The van der Waals surface area contributed by atoms with Crippen molar-refractivity contribution in [1.29, 1.82) is 0 Å². The summed E-state index contributed by atoms with van der Waals surface area (Å²) in [4.78, 5) is 362. The Hall–Kier alpha value is -13.6. The quantitative estimate of drug-likeness (QED) is 0.0294. The van der Waals surface area contributed by atoms with Crippen LogP contribution in [0.1, 0.15) is 242 Å². The highest BCUT2D eigenvalue weighted by Gasteiger charge is 2.39. The highest BCUT2D eigenvalue weighted by Crippen LogP contribution is 2.26. The van der Waals surface area contributed by atoms with Crippen molar-refractivity contribution in [1.82, 2.24) is 47.9 Å². The number of allylic oxidation sites excluding steroid dienone is 1. The van der Waals surface area contributed by atoms with E-state index in [4.69, 9.17) is 0 Å². The van der Waals surface area contributed by atoms with Crippen LogP contribution in [0.3, 0.4) is 0 Å². The van der Waals surface area contributed by atoms with E-state index in [-0.39, 0.29) is 18.4 Å². The van der Waals surface area contributed by atoms with Crippen LogP contribution >= 0.6 is 0 Å². The van der Waals surface area contributed by atoms with E-state index in [0.717, 1.165) is 48.5 Å². The third-order valence-electron chi connectivity index (χ3n) is 21.9. The van der Waals surface area contributed by atoms with E-state index < -0.39 is 439 Å². The molecule has 746 valence electrons. The molecule has 0 radical (unpaired) electrons. The summed E-state index contributed by atoms with van der Waals surface area (Å²) in [6.45, 7) is 17.3. The molecule has 0 aliphatic rings. The zero-order valence-corrected chi connectivity index (χ0v) is 76.1. The molecule has 0 rings (SSSR count). The van der Waals surface area contributed by atoms with Gasteiger partial charge in [0.2, 0.25) is 53.2 Å². The zero-order valence-electron chi connectivity index (χ0n) is 76.1. The monoisotopic (exact) mass is 1900 g/mol. The lowest BCUT2D eigenvalue weighted by molar-refractivity contribution is -0.143. The number of carbonyl (C=O) groups is 28. The van der Waals surface area contributed by atoms with Gasteiger partial charge in [0.15, 0.2) is 52.0 Å². The lowest BCUT2D eigenvalue weighted by Gasteiger charge is -2.24. The first-order valence-electron chi connectivity index (χ1n) is 43.2. The number of aliphatic carboxylic acids is 10. The molecule has 0 aliphatic carbocycles. The van der Waals surface area contributed by atoms with E-state index in [1.807, 2.05) is 0 Å². The second-order valence-electron chi connectivity index (χ2n) is 33.2. The molecule has 0 aliphatic heterocycles. The molecule has 18 atom stereocenters. The third-order valence-corrected chi connectivity index (χ3v) is 21.9. The average Bonchev–Trinajstić information content (AvgIpc) is 0.847. The van der Waals surface area contributed by atoms with Crippen LogP contribution in [0.2, 0.25) is 0 Å². The highest BCUT2D eigenvalue weighted by molar-refractivity contribution is 6.03. The van der Waals surface area contributed by atoms with Gasteiger partial charge >= 0.3 is 59.7 Å². The lowest BCUT2D eigenvalue weighted by atomic mass is 9.90. The van der Waals surface area contributed by atoms with E-state index >= 15 is 0 Å². The second kappa shape index (κ2) is 61.2. The summed E-state index contributed by atoms with van der Waals surface area (Å²) < 4.78 is 0. The zero-order chi connectivity index (χ0) is 103. The van der Waals surface area contributed by atoms with Crippen molar-refractivity contribution in [2.75, 3.05) is 0 Å². The number of carbonyl (C=O) groups excluding carboxylic acids is 18. The maximum atomic E-state index is 14.0. The number of amides is 9. The van der Waals surface area contributed by atoms with Crippen LogP contribution < -0.4 is 47.9 Å². The van der Waals surface area contributed by atoms with Crippen molar-refractivity contribution in [3.8, 4) is 0 Å². The first-order chi connectivity index (χ1) is 62.2. The molecule has 0 aromatic heterocycles. The van der Waals surface area contributed by atoms with Gasteiger partial charge in [-0.3, -0.25) is 129 Å². The SMILES string of the molecule is C=CCC(NC(=O)C(CCC(=O)O)CC(=O)C(C)NC(=O)C(CCC(=O)O)CC(=O)C(C)NC(=O)C(CCC(=O)O)CC(=O)C(C)NC(=O)C(CCC(=O)O)CC(=O)C(C)NC(=O)C(CCC(=O)O)CC(=O)C(C)NC(=O)C(CCC(=O)O)CC(=O)C(C)NC(=O)C(CCC(=O)O)CC(=O)C(C)NC(=O)C(CCC(=O)O)CC(=O)C(C)NC(=O)C(CCC(=O)O)CC(=O)C(=C)C)C(=O)O. The molecule has 134 heavy (non-hydrogen) atoms. The van der Waals surface area contributed by atoms with Gasteiger partial charge in [-0.25, -0.2) is 4.79 Å². The first-order valence-corrected chi connectivity index (χ1v) is 43.2. The number of nitrogens with one attached hydrogen (secondary N) is 9. The van der Waals surface area contributed by atoms with Gasteiger partial charge < -0.3 is 98.9 Å². The summed E-state index contributed by atoms with van der Waals surface area (Å²) in [5, 5.41) is 116. The van der Waals surface area contributed by atoms with Crippen molar-refractivity contribution < 1.29 is 185 Å². The van der Waals surface area contributed by atoms with Crippen molar-refractivity contribution >= 4 is 165 Å². The van der Waals surface area contributed by atoms with Crippen molar-refractivity contribution in [3.05, 3.63) is 24.8 Å². The van der Waals surface area contributed by atoms with Gasteiger partial charge in [-0.05, 0) is 132 Å². The Bertz CT molecular complexity index is 4310. The molecule has 9 amide bonds. The summed E-state index contributed by atoms with van der Waals surface area (Å²) >= 11 is 0. The minimum absolute atomic E-state index is 0.0698. The van der Waals surface area contributed by atoms with E-state index in [9.17, 15) is 185 Å². The summed E-state index contributed by atoms with van der Waals surface area (Å²) in [7, 11) is 0. The Morgan fingerprint density at radius 2 is 0.351 bits per heavy atom. The van der Waals surface area contributed by atoms with E-state index in [2.05, 4.69) is 61.0 Å². The second-order valence-corrected chi connectivity index (χ2v) is 33.2. The Balaban J connectivity index is 6.58. The van der Waals surface area contributed by atoms with Gasteiger partial charge in [0.05, 0.1) is 48.3 Å². The van der Waals surface area contributed by atoms with Crippen LogP contribution in [0.15, 0.2) is 24.8 Å². The van der Waals surface area contributed by atoms with Gasteiger partial charge in [-0.2, -0.15) is 0 Å². The molecule has 19 N–H and O–H groups in total. The fourth-order valence-electron chi connectivity index (χ4n) is 13.3. The molecule has 0 aromatic carbocycles.